The molecular weight excluding hydrogens is 443 g/mol. The molecule has 0 saturated carbocycles. The lowest BCUT2D eigenvalue weighted by Crippen LogP contribution is -2.33. The van der Waals surface area contributed by atoms with Crippen molar-refractivity contribution in [2.24, 2.45) is 5.92 Å². The summed E-state index contributed by atoms with van der Waals surface area (Å²) in [5.41, 5.74) is 0. The number of hydrogen-bond donors (Lipinski definition) is 1. The number of nitrogens with zero attached hydrogens (tertiary/aromatic N) is 2. The summed E-state index contributed by atoms with van der Waals surface area (Å²) in [5.74, 6) is -0.192. The third-order valence-corrected chi connectivity index (χ3v) is 8.01. The highest BCUT2D eigenvalue weighted by molar-refractivity contribution is 7.43. The van der Waals surface area contributed by atoms with Gasteiger partial charge in [-0.05, 0) is 47.0 Å². The van der Waals surface area contributed by atoms with E-state index < -0.39 is 8.53 Å². The van der Waals surface area contributed by atoms with E-state index >= 15 is 0 Å². The molecule has 0 spiro atoms. The third-order valence-electron chi connectivity index (χ3n) is 6.31. The molecule has 0 radical (unpaired) electrons. The van der Waals surface area contributed by atoms with Crippen LogP contribution in [0.25, 0.3) is 0 Å². The zero-order valence-electron chi connectivity index (χ0n) is 23.3. The van der Waals surface area contributed by atoms with Crippen molar-refractivity contribution in [2.45, 2.75) is 149 Å². The molecule has 0 bridgehead atoms. The van der Waals surface area contributed by atoms with Crippen LogP contribution >= 0.6 is 8.53 Å². The Morgan fingerprint density at radius 3 is 1.62 bits per heavy atom. The lowest BCUT2D eigenvalue weighted by atomic mass is 10.0. The van der Waals surface area contributed by atoms with Crippen molar-refractivity contribution in [3.05, 3.63) is 0 Å². The van der Waals surface area contributed by atoms with Crippen molar-refractivity contribution in [3.8, 4) is 6.07 Å². The summed E-state index contributed by atoms with van der Waals surface area (Å²) in [6, 6.07) is 2.73. The zero-order valence-corrected chi connectivity index (χ0v) is 24.2. The second-order valence-electron chi connectivity index (χ2n) is 10.3. The predicted molar refractivity (Wildman–Crippen MR) is 147 cm³/mol. The van der Waals surface area contributed by atoms with Crippen LogP contribution in [-0.4, -0.2) is 41.5 Å². The van der Waals surface area contributed by atoms with Gasteiger partial charge >= 0.3 is 0 Å². The first kappa shape index (κ1) is 33.8. The molecule has 0 aliphatic heterocycles. The molecule has 1 N–H and O–H groups in total. The fraction of sp³-hybridized carbons (Fsp3) is 0.964. The van der Waals surface area contributed by atoms with E-state index in [-0.39, 0.29) is 24.6 Å². The van der Waals surface area contributed by atoms with Crippen LogP contribution in [0.5, 0.6) is 0 Å². The highest BCUT2D eigenvalue weighted by atomic mass is 31.2. The molecule has 0 fully saturated rings. The lowest BCUT2D eigenvalue weighted by Gasteiger charge is -2.33. The van der Waals surface area contributed by atoms with Crippen LogP contribution < -0.4 is 0 Å². The van der Waals surface area contributed by atoms with Crippen LogP contribution in [0, 0.1) is 17.2 Å². The first-order valence-electron chi connectivity index (χ1n) is 14.3. The van der Waals surface area contributed by atoms with Crippen molar-refractivity contribution in [1.29, 1.82) is 5.26 Å². The van der Waals surface area contributed by atoms with Crippen molar-refractivity contribution >= 4 is 8.53 Å². The number of unbranched alkanes of at least 4 members (excludes halogenated alkanes) is 13. The normalized spacial score (nSPS) is 13.6. The van der Waals surface area contributed by atoms with Gasteiger partial charge in [0, 0.05) is 25.3 Å². The molecule has 34 heavy (non-hydrogen) atoms. The highest BCUT2D eigenvalue weighted by Gasteiger charge is 2.25. The van der Waals surface area contributed by atoms with Gasteiger partial charge in [-0.3, -0.25) is 0 Å². The average molecular weight is 501 g/mol. The van der Waals surface area contributed by atoms with Crippen molar-refractivity contribution in [2.75, 3.05) is 19.8 Å². The molecular formula is C28H57N2O3P. The SMILES string of the molecule is CCCCCCCCCCCCCCCCOCCCC(C#N)COP(O)N(C(C)C)C(C)C. The summed E-state index contributed by atoms with van der Waals surface area (Å²) in [5, 5.41) is 9.38. The Kier molecular flexibility index (Phi) is 24.3. The molecule has 0 amide bonds. The van der Waals surface area contributed by atoms with Gasteiger partial charge in [0.1, 0.15) is 0 Å². The fourth-order valence-electron chi connectivity index (χ4n) is 4.33. The molecule has 0 saturated heterocycles. The van der Waals surface area contributed by atoms with Crippen LogP contribution in [0.15, 0.2) is 0 Å². The smallest absolute Gasteiger partial charge is 0.256 e. The fourth-order valence-corrected chi connectivity index (χ4v) is 5.57. The Hall–Kier alpha value is -0.240. The van der Waals surface area contributed by atoms with Crippen LogP contribution in [0.1, 0.15) is 137 Å². The van der Waals surface area contributed by atoms with Crippen molar-refractivity contribution in [3.63, 3.8) is 0 Å². The molecule has 0 aromatic rings. The summed E-state index contributed by atoms with van der Waals surface area (Å²) in [7, 11) is -1.65. The molecule has 5 nitrogen and oxygen atoms in total. The summed E-state index contributed by atoms with van der Waals surface area (Å²) >= 11 is 0. The van der Waals surface area contributed by atoms with Gasteiger partial charge in [-0.15, -0.1) is 0 Å². The van der Waals surface area contributed by atoms with Gasteiger partial charge in [0.05, 0.1) is 18.6 Å². The Bertz CT molecular complexity index is 463. The van der Waals surface area contributed by atoms with Gasteiger partial charge in [0.15, 0.2) is 0 Å². The van der Waals surface area contributed by atoms with E-state index in [1.54, 1.807) is 0 Å². The van der Waals surface area contributed by atoms with Gasteiger partial charge in [-0.2, -0.15) is 5.26 Å². The second-order valence-corrected chi connectivity index (χ2v) is 11.5. The lowest BCUT2D eigenvalue weighted by molar-refractivity contribution is 0.121. The molecule has 0 aliphatic rings. The molecule has 2 atom stereocenters. The van der Waals surface area contributed by atoms with Gasteiger partial charge in [-0.25, -0.2) is 4.67 Å². The Morgan fingerprint density at radius 2 is 1.18 bits per heavy atom. The molecule has 6 heteroatoms. The minimum atomic E-state index is -1.65. The first-order valence-corrected chi connectivity index (χ1v) is 15.5. The van der Waals surface area contributed by atoms with Crippen molar-refractivity contribution in [1.82, 2.24) is 4.67 Å². The van der Waals surface area contributed by atoms with Gasteiger partial charge in [0.25, 0.3) is 8.53 Å². The van der Waals surface area contributed by atoms with Crippen LogP contribution in [0.2, 0.25) is 0 Å². The molecule has 0 rings (SSSR count). The molecule has 0 aliphatic carbocycles. The Balaban J connectivity index is 3.50. The van der Waals surface area contributed by atoms with Gasteiger partial charge < -0.3 is 14.2 Å². The maximum Gasteiger partial charge on any atom is 0.256 e. The van der Waals surface area contributed by atoms with Crippen LogP contribution in [0.4, 0.5) is 0 Å². The molecule has 0 aromatic heterocycles. The van der Waals surface area contributed by atoms with E-state index in [9.17, 15) is 10.2 Å². The topological polar surface area (TPSA) is 65.7 Å². The molecule has 202 valence electrons. The molecule has 2 unspecified atom stereocenters. The largest absolute Gasteiger partial charge is 0.381 e. The Labute approximate surface area is 213 Å². The predicted octanol–water partition coefficient (Wildman–Crippen LogP) is 8.76. The van der Waals surface area contributed by atoms with Crippen LogP contribution in [0.3, 0.4) is 0 Å². The monoisotopic (exact) mass is 500 g/mol. The molecule has 0 heterocycles. The van der Waals surface area contributed by atoms with Gasteiger partial charge in [-0.1, -0.05) is 90.4 Å². The number of nitriles is 1. The highest BCUT2D eigenvalue weighted by Crippen LogP contribution is 2.40. The third kappa shape index (κ3) is 20.0. The number of ether oxygens (including phenoxy) is 1. The first-order chi connectivity index (χ1) is 16.4. The number of hydrogen-bond acceptors (Lipinski definition) is 5. The number of rotatable bonds is 25. The average Bonchev–Trinajstić information content (AvgIpc) is 2.79. The minimum Gasteiger partial charge on any atom is -0.381 e. The van der Waals surface area contributed by atoms with E-state index in [0.717, 1.165) is 25.9 Å². The van der Waals surface area contributed by atoms with E-state index in [0.29, 0.717) is 6.61 Å². The molecule has 0 aromatic carbocycles. The Morgan fingerprint density at radius 1 is 0.735 bits per heavy atom. The summed E-state index contributed by atoms with van der Waals surface area (Å²) in [6.45, 7) is 12.3. The summed E-state index contributed by atoms with van der Waals surface area (Å²) in [6.07, 6.45) is 20.8. The van der Waals surface area contributed by atoms with Gasteiger partial charge in [0.2, 0.25) is 0 Å². The minimum absolute atomic E-state index is 0.192. The summed E-state index contributed by atoms with van der Waals surface area (Å²) < 4.78 is 13.4. The second kappa shape index (κ2) is 24.5. The summed E-state index contributed by atoms with van der Waals surface area (Å²) in [4.78, 5) is 10.4. The van der Waals surface area contributed by atoms with Crippen molar-refractivity contribution < 1.29 is 14.2 Å². The quantitative estimate of drug-likeness (QED) is 0.100. The maximum atomic E-state index is 10.4. The standard InChI is InChI=1S/C28H57N2O3P/c1-6-7-8-9-10-11-12-13-14-15-16-17-18-19-22-32-23-20-21-28(24-29)25-33-34(31)30(26(2)3)27(4)5/h26-28,31H,6-23,25H2,1-5H3. The van der Waals surface area contributed by atoms with E-state index in [1.807, 2.05) is 32.4 Å². The van der Waals surface area contributed by atoms with E-state index in [4.69, 9.17) is 9.26 Å². The van der Waals surface area contributed by atoms with E-state index in [2.05, 4.69) is 13.0 Å². The maximum absolute atomic E-state index is 10.4. The van der Waals surface area contributed by atoms with Crippen LogP contribution in [-0.2, 0) is 9.26 Å². The zero-order chi connectivity index (χ0) is 25.4. The van der Waals surface area contributed by atoms with E-state index in [1.165, 1.54) is 83.5 Å².